The number of nitrogens with zero attached hydrogens (tertiary/aromatic N) is 3. The number of benzene rings is 1. The number of carbonyl (C=O) groups excluding carboxylic acids is 1. The first kappa shape index (κ1) is 22.1. The van der Waals surface area contributed by atoms with Crippen LogP contribution in [-0.4, -0.2) is 60.4 Å². The Labute approximate surface area is 187 Å². The summed E-state index contributed by atoms with van der Waals surface area (Å²) < 4.78 is 0. The van der Waals surface area contributed by atoms with Crippen LogP contribution in [0.2, 0.25) is 0 Å². The van der Waals surface area contributed by atoms with Crippen LogP contribution in [0.15, 0.2) is 29.3 Å². The SMILES string of the molecule is CCNC(=NCc1ccc(CN2CCCC2)cc1)NC1CCN(C(=O)C2CCCC2)C1. The molecule has 170 valence electrons. The maximum atomic E-state index is 12.7. The Hall–Kier alpha value is -2.08. The lowest BCUT2D eigenvalue weighted by Crippen LogP contribution is -2.45. The topological polar surface area (TPSA) is 60.0 Å². The highest BCUT2D eigenvalue weighted by atomic mass is 16.2. The first-order chi connectivity index (χ1) is 15.2. The van der Waals surface area contributed by atoms with Crippen molar-refractivity contribution in [2.24, 2.45) is 10.9 Å². The molecule has 4 rings (SSSR count). The van der Waals surface area contributed by atoms with Crippen LogP contribution in [0.5, 0.6) is 0 Å². The molecule has 3 fully saturated rings. The van der Waals surface area contributed by atoms with E-state index in [2.05, 4.69) is 51.6 Å². The summed E-state index contributed by atoms with van der Waals surface area (Å²) >= 11 is 0. The van der Waals surface area contributed by atoms with Crippen molar-refractivity contribution in [3.8, 4) is 0 Å². The van der Waals surface area contributed by atoms with Crippen molar-refractivity contribution in [2.75, 3.05) is 32.7 Å². The quantitative estimate of drug-likeness (QED) is 0.521. The van der Waals surface area contributed by atoms with Crippen LogP contribution in [-0.2, 0) is 17.9 Å². The minimum Gasteiger partial charge on any atom is -0.357 e. The number of nitrogens with one attached hydrogen (secondary N) is 2. The number of likely N-dealkylation sites (tertiary alicyclic amines) is 2. The largest absolute Gasteiger partial charge is 0.357 e. The van der Waals surface area contributed by atoms with E-state index >= 15 is 0 Å². The molecular weight excluding hydrogens is 386 g/mol. The molecule has 2 N–H and O–H groups in total. The van der Waals surface area contributed by atoms with Crippen molar-refractivity contribution in [1.82, 2.24) is 20.4 Å². The molecule has 0 aromatic heterocycles. The van der Waals surface area contributed by atoms with E-state index in [0.29, 0.717) is 12.5 Å². The molecule has 2 saturated heterocycles. The smallest absolute Gasteiger partial charge is 0.225 e. The summed E-state index contributed by atoms with van der Waals surface area (Å²) in [6.45, 7) is 8.77. The van der Waals surface area contributed by atoms with Gasteiger partial charge in [0.2, 0.25) is 5.91 Å². The van der Waals surface area contributed by atoms with Gasteiger partial charge in [0, 0.05) is 38.1 Å². The molecule has 0 spiro atoms. The van der Waals surface area contributed by atoms with Crippen LogP contribution in [0, 0.1) is 5.92 Å². The summed E-state index contributed by atoms with van der Waals surface area (Å²) in [5.74, 6) is 1.50. The summed E-state index contributed by atoms with van der Waals surface area (Å²) in [5.41, 5.74) is 2.62. The summed E-state index contributed by atoms with van der Waals surface area (Å²) in [4.78, 5) is 22.1. The molecule has 0 bridgehead atoms. The Kier molecular flexibility index (Phi) is 7.84. The van der Waals surface area contributed by atoms with Gasteiger partial charge < -0.3 is 15.5 Å². The van der Waals surface area contributed by atoms with E-state index in [1.54, 1.807) is 0 Å². The zero-order valence-electron chi connectivity index (χ0n) is 19.1. The fourth-order valence-electron chi connectivity index (χ4n) is 5.14. The highest BCUT2D eigenvalue weighted by Gasteiger charge is 2.32. The predicted octanol–water partition coefficient (Wildman–Crippen LogP) is 3.13. The van der Waals surface area contributed by atoms with Crippen LogP contribution >= 0.6 is 0 Å². The summed E-state index contributed by atoms with van der Waals surface area (Å²) in [6, 6.07) is 9.18. The zero-order chi connectivity index (χ0) is 21.5. The molecule has 1 atom stereocenters. The van der Waals surface area contributed by atoms with Gasteiger partial charge in [0.05, 0.1) is 6.54 Å². The van der Waals surface area contributed by atoms with E-state index in [0.717, 1.165) is 51.4 Å². The van der Waals surface area contributed by atoms with E-state index < -0.39 is 0 Å². The van der Waals surface area contributed by atoms with Gasteiger partial charge in [0.1, 0.15) is 0 Å². The highest BCUT2D eigenvalue weighted by molar-refractivity contribution is 5.81. The molecule has 1 aromatic carbocycles. The van der Waals surface area contributed by atoms with Crippen LogP contribution in [0.4, 0.5) is 0 Å². The minimum absolute atomic E-state index is 0.272. The fourth-order valence-corrected chi connectivity index (χ4v) is 5.14. The summed E-state index contributed by atoms with van der Waals surface area (Å²) in [5, 5.41) is 6.93. The van der Waals surface area contributed by atoms with Gasteiger partial charge in [-0.05, 0) is 63.2 Å². The second kappa shape index (κ2) is 11.0. The van der Waals surface area contributed by atoms with E-state index in [9.17, 15) is 4.79 Å². The van der Waals surface area contributed by atoms with Crippen molar-refractivity contribution in [1.29, 1.82) is 0 Å². The maximum absolute atomic E-state index is 12.7. The van der Waals surface area contributed by atoms with Crippen molar-refractivity contribution in [2.45, 2.75) is 71.0 Å². The monoisotopic (exact) mass is 425 g/mol. The Morgan fingerprint density at radius 2 is 1.71 bits per heavy atom. The number of amides is 1. The number of carbonyl (C=O) groups is 1. The minimum atomic E-state index is 0.272. The number of hydrogen-bond acceptors (Lipinski definition) is 3. The highest BCUT2D eigenvalue weighted by Crippen LogP contribution is 2.27. The van der Waals surface area contributed by atoms with Crippen molar-refractivity contribution in [3.63, 3.8) is 0 Å². The molecule has 6 heteroatoms. The Morgan fingerprint density at radius 3 is 2.42 bits per heavy atom. The number of hydrogen-bond donors (Lipinski definition) is 2. The molecular formula is C25H39N5O. The number of aliphatic imine (C=N–C) groups is 1. The molecule has 31 heavy (non-hydrogen) atoms. The lowest BCUT2D eigenvalue weighted by Gasteiger charge is -2.21. The molecule has 3 aliphatic rings. The second-order valence-electron chi connectivity index (χ2n) is 9.39. The van der Waals surface area contributed by atoms with Gasteiger partial charge in [0.25, 0.3) is 0 Å². The third-order valence-electron chi connectivity index (χ3n) is 6.94. The van der Waals surface area contributed by atoms with Crippen LogP contribution in [0.1, 0.15) is 63.0 Å². The van der Waals surface area contributed by atoms with Gasteiger partial charge in [-0.3, -0.25) is 9.69 Å². The van der Waals surface area contributed by atoms with E-state index in [-0.39, 0.29) is 12.0 Å². The Balaban J connectivity index is 1.27. The average Bonchev–Trinajstić information content (AvgIpc) is 3.55. The zero-order valence-corrected chi connectivity index (χ0v) is 19.1. The lowest BCUT2D eigenvalue weighted by atomic mass is 10.1. The Morgan fingerprint density at radius 1 is 1.00 bits per heavy atom. The molecule has 1 unspecified atom stereocenters. The molecule has 1 amide bonds. The van der Waals surface area contributed by atoms with E-state index in [1.807, 2.05) is 0 Å². The number of guanidine groups is 1. The normalized spacial score (nSPS) is 22.9. The van der Waals surface area contributed by atoms with Crippen LogP contribution in [0.3, 0.4) is 0 Å². The summed E-state index contributed by atoms with van der Waals surface area (Å²) in [6.07, 6.45) is 8.24. The molecule has 0 radical (unpaired) electrons. The van der Waals surface area contributed by atoms with Gasteiger partial charge in [0.15, 0.2) is 5.96 Å². The van der Waals surface area contributed by atoms with Gasteiger partial charge in [-0.25, -0.2) is 4.99 Å². The summed E-state index contributed by atoms with van der Waals surface area (Å²) in [7, 11) is 0. The van der Waals surface area contributed by atoms with Crippen LogP contribution in [0.25, 0.3) is 0 Å². The van der Waals surface area contributed by atoms with Crippen molar-refractivity contribution in [3.05, 3.63) is 35.4 Å². The molecule has 1 saturated carbocycles. The van der Waals surface area contributed by atoms with Gasteiger partial charge in [-0.2, -0.15) is 0 Å². The van der Waals surface area contributed by atoms with Crippen molar-refractivity contribution >= 4 is 11.9 Å². The Bertz CT molecular complexity index is 735. The maximum Gasteiger partial charge on any atom is 0.225 e. The standard InChI is InChI=1S/C25H39N5O/c1-2-26-25(28-23-13-16-30(19-23)24(31)22-7-3-4-8-22)27-17-20-9-11-21(12-10-20)18-29-14-5-6-15-29/h9-12,22-23H,2-8,13-19H2,1H3,(H2,26,27,28). The average molecular weight is 426 g/mol. The van der Waals surface area contributed by atoms with E-state index in [1.165, 1.54) is 49.9 Å². The van der Waals surface area contributed by atoms with Gasteiger partial charge in [-0.15, -0.1) is 0 Å². The first-order valence-electron chi connectivity index (χ1n) is 12.3. The number of rotatable bonds is 7. The van der Waals surface area contributed by atoms with E-state index in [4.69, 9.17) is 4.99 Å². The van der Waals surface area contributed by atoms with Crippen LogP contribution < -0.4 is 10.6 Å². The third-order valence-corrected chi connectivity index (χ3v) is 6.94. The molecule has 2 aliphatic heterocycles. The lowest BCUT2D eigenvalue weighted by molar-refractivity contribution is -0.134. The fraction of sp³-hybridized carbons (Fsp3) is 0.680. The third kappa shape index (κ3) is 6.22. The molecule has 1 aliphatic carbocycles. The molecule has 6 nitrogen and oxygen atoms in total. The predicted molar refractivity (Wildman–Crippen MR) is 126 cm³/mol. The van der Waals surface area contributed by atoms with Gasteiger partial charge >= 0.3 is 0 Å². The van der Waals surface area contributed by atoms with Gasteiger partial charge in [-0.1, -0.05) is 37.1 Å². The second-order valence-corrected chi connectivity index (χ2v) is 9.39. The van der Waals surface area contributed by atoms with Crippen molar-refractivity contribution < 1.29 is 4.79 Å². The molecule has 2 heterocycles. The first-order valence-corrected chi connectivity index (χ1v) is 12.3. The molecule has 1 aromatic rings.